The molecular formula is C10H14F3N3O. The van der Waals surface area contributed by atoms with Gasteiger partial charge in [0.2, 0.25) is 0 Å². The van der Waals surface area contributed by atoms with Crippen molar-refractivity contribution in [2.75, 3.05) is 11.9 Å². The molecule has 0 aliphatic rings. The van der Waals surface area contributed by atoms with Crippen LogP contribution in [-0.2, 0) is 6.18 Å². The van der Waals surface area contributed by atoms with E-state index in [0.717, 1.165) is 18.3 Å². The van der Waals surface area contributed by atoms with Gasteiger partial charge in [0.05, 0.1) is 11.7 Å². The van der Waals surface area contributed by atoms with Crippen LogP contribution >= 0.6 is 0 Å². The standard InChI is InChI=1S/C10H14F3N3O/c1-6(17)8(14)5-16-9-4-7(2-3-15-9)10(11,12)13/h2-4,6,8,17H,5,14H2,1H3,(H,15,16). The third-order valence-corrected chi connectivity index (χ3v) is 2.23. The summed E-state index contributed by atoms with van der Waals surface area (Å²) in [6.45, 7) is 1.65. The van der Waals surface area contributed by atoms with E-state index in [1.54, 1.807) is 0 Å². The number of aliphatic hydroxyl groups excluding tert-OH is 1. The van der Waals surface area contributed by atoms with E-state index in [0.29, 0.717) is 0 Å². The minimum atomic E-state index is -4.40. The number of alkyl halides is 3. The maximum atomic E-state index is 12.4. The highest BCUT2D eigenvalue weighted by Crippen LogP contribution is 2.29. The minimum Gasteiger partial charge on any atom is -0.392 e. The second kappa shape index (κ2) is 5.33. The first-order valence-electron chi connectivity index (χ1n) is 5.01. The summed E-state index contributed by atoms with van der Waals surface area (Å²) in [5.74, 6) is 0.0796. The first-order valence-corrected chi connectivity index (χ1v) is 5.01. The molecule has 1 rings (SSSR count). The molecule has 1 heterocycles. The predicted octanol–water partition coefficient (Wildman–Crippen LogP) is 1.22. The van der Waals surface area contributed by atoms with Crippen LogP contribution in [-0.4, -0.2) is 28.8 Å². The Labute approximate surface area is 96.7 Å². The van der Waals surface area contributed by atoms with Crippen molar-refractivity contribution in [1.82, 2.24) is 4.98 Å². The van der Waals surface area contributed by atoms with Crippen LogP contribution in [0.2, 0.25) is 0 Å². The number of aromatic nitrogens is 1. The van der Waals surface area contributed by atoms with Crippen molar-refractivity contribution in [2.24, 2.45) is 5.73 Å². The van der Waals surface area contributed by atoms with Crippen LogP contribution in [0.4, 0.5) is 19.0 Å². The summed E-state index contributed by atoms with van der Waals surface area (Å²) in [4.78, 5) is 3.74. The molecule has 1 aromatic heterocycles. The molecule has 2 unspecified atom stereocenters. The summed E-state index contributed by atoms with van der Waals surface area (Å²) in [7, 11) is 0. The Morgan fingerprint density at radius 1 is 1.53 bits per heavy atom. The minimum absolute atomic E-state index is 0.0796. The predicted molar refractivity (Wildman–Crippen MR) is 57.4 cm³/mol. The number of pyridine rings is 1. The molecule has 0 aliphatic carbocycles. The molecule has 4 N–H and O–H groups in total. The molecule has 0 spiro atoms. The van der Waals surface area contributed by atoms with Gasteiger partial charge in [0.15, 0.2) is 0 Å². The van der Waals surface area contributed by atoms with Gasteiger partial charge in [0.25, 0.3) is 0 Å². The third kappa shape index (κ3) is 4.20. The van der Waals surface area contributed by atoms with E-state index in [9.17, 15) is 13.2 Å². The average molecular weight is 249 g/mol. The summed E-state index contributed by atoms with van der Waals surface area (Å²) >= 11 is 0. The number of aliphatic hydroxyl groups is 1. The van der Waals surface area contributed by atoms with Crippen LogP contribution in [0.25, 0.3) is 0 Å². The van der Waals surface area contributed by atoms with Gasteiger partial charge in [-0.05, 0) is 19.1 Å². The quantitative estimate of drug-likeness (QED) is 0.750. The number of rotatable bonds is 4. The zero-order chi connectivity index (χ0) is 13.1. The molecule has 17 heavy (non-hydrogen) atoms. The van der Waals surface area contributed by atoms with E-state index in [-0.39, 0.29) is 12.4 Å². The van der Waals surface area contributed by atoms with Crippen molar-refractivity contribution < 1.29 is 18.3 Å². The molecule has 2 atom stereocenters. The SMILES string of the molecule is CC(O)C(N)CNc1cc(C(F)(F)F)ccn1. The molecule has 0 aromatic carbocycles. The fraction of sp³-hybridized carbons (Fsp3) is 0.500. The molecule has 4 nitrogen and oxygen atoms in total. The van der Waals surface area contributed by atoms with Crippen LogP contribution in [0.1, 0.15) is 12.5 Å². The van der Waals surface area contributed by atoms with Gasteiger partial charge in [0.1, 0.15) is 5.82 Å². The van der Waals surface area contributed by atoms with Crippen molar-refractivity contribution in [1.29, 1.82) is 0 Å². The van der Waals surface area contributed by atoms with Crippen LogP contribution in [0.3, 0.4) is 0 Å². The van der Waals surface area contributed by atoms with Gasteiger partial charge in [-0.2, -0.15) is 13.2 Å². The highest BCUT2D eigenvalue weighted by atomic mass is 19.4. The van der Waals surface area contributed by atoms with E-state index < -0.39 is 23.9 Å². The van der Waals surface area contributed by atoms with Gasteiger partial charge in [-0.3, -0.25) is 0 Å². The fourth-order valence-corrected chi connectivity index (χ4v) is 1.10. The second-order valence-corrected chi connectivity index (χ2v) is 3.71. The summed E-state index contributed by atoms with van der Waals surface area (Å²) in [5, 5.41) is 11.8. The topological polar surface area (TPSA) is 71.2 Å². The largest absolute Gasteiger partial charge is 0.416 e. The number of hydrogen-bond donors (Lipinski definition) is 3. The van der Waals surface area contributed by atoms with E-state index in [4.69, 9.17) is 10.8 Å². The lowest BCUT2D eigenvalue weighted by Crippen LogP contribution is -2.38. The van der Waals surface area contributed by atoms with Crippen LogP contribution in [0, 0.1) is 0 Å². The molecule has 0 fully saturated rings. The molecule has 0 saturated heterocycles. The number of halogens is 3. The van der Waals surface area contributed by atoms with Gasteiger partial charge in [-0.1, -0.05) is 0 Å². The normalized spacial score (nSPS) is 15.4. The molecule has 0 aliphatic heterocycles. The van der Waals surface area contributed by atoms with Crippen LogP contribution in [0.5, 0.6) is 0 Å². The fourth-order valence-electron chi connectivity index (χ4n) is 1.10. The van der Waals surface area contributed by atoms with Crippen molar-refractivity contribution in [3.8, 4) is 0 Å². The molecule has 96 valence electrons. The second-order valence-electron chi connectivity index (χ2n) is 3.71. The van der Waals surface area contributed by atoms with Crippen molar-refractivity contribution in [3.05, 3.63) is 23.9 Å². The maximum Gasteiger partial charge on any atom is 0.416 e. The Morgan fingerprint density at radius 2 is 2.18 bits per heavy atom. The monoisotopic (exact) mass is 249 g/mol. The van der Waals surface area contributed by atoms with Gasteiger partial charge >= 0.3 is 6.18 Å². The molecule has 0 bridgehead atoms. The number of hydrogen-bond acceptors (Lipinski definition) is 4. The van der Waals surface area contributed by atoms with Gasteiger partial charge in [-0.15, -0.1) is 0 Å². The van der Waals surface area contributed by atoms with E-state index in [1.807, 2.05) is 0 Å². The van der Waals surface area contributed by atoms with Crippen molar-refractivity contribution in [2.45, 2.75) is 25.2 Å². The van der Waals surface area contributed by atoms with E-state index in [2.05, 4.69) is 10.3 Å². The zero-order valence-corrected chi connectivity index (χ0v) is 9.20. The lowest BCUT2D eigenvalue weighted by Gasteiger charge is -2.16. The molecule has 0 radical (unpaired) electrons. The molecule has 1 aromatic rings. The number of nitrogens with one attached hydrogen (secondary N) is 1. The molecule has 7 heteroatoms. The van der Waals surface area contributed by atoms with E-state index in [1.165, 1.54) is 6.92 Å². The van der Waals surface area contributed by atoms with E-state index >= 15 is 0 Å². The number of nitrogens with two attached hydrogens (primary N) is 1. The summed E-state index contributed by atoms with van der Waals surface area (Å²) in [6.07, 6.45) is -4.07. The lowest BCUT2D eigenvalue weighted by atomic mass is 10.2. The van der Waals surface area contributed by atoms with Gasteiger partial charge < -0.3 is 16.2 Å². The number of nitrogens with zero attached hydrogens (tertiary/aromatic N) is 1. The first-order chi connectivity index (χ1) is 7.80. The van der Waals surface area contributed by atoms with Gasteiger partial charge in [0, 0.05) is 18.8 Å². The summed E-state index contributed by atoms with van der Waals surface area (Å²) in [6, 6.07) is 1.22. The molecule has 0 saturated carbocycles. The van der Waals surface area contributed by atoms with Gasteiger partial charge in [-0.25, -0.2) is 4.98 Å². The highest BCUT2D eigenvalue weighted by Gasteiger charge is 2.30. The lowest BCUT2D eigenvalue weighted by molar-refractivity contribution is -0.137. The first kappa shape index (κ1) is 13.7. The highest BCUT2D eigenvalue weighted by molar-refractivity contribution is 5.38. The Morgan fingerprint density at radius 3 is 2.71 bits per heavy atom. The Balaban J connectivity index is 2.67. The summed E-state index contributed by atoms with van der Waals surface area (Å²) < 4.78 is 37.1. The van der Waals surface area contributed by atoms with Crippen LogP contribution in [0.15, 0.2) is 18.3 Å². The molecule has 0 amide bonds. The van der Waals surface area contributed by atoms with Crippen molar-refractivity contribution >= 4 is 5.82 Å². The Hall–Kier alpha value is -1.34. The third-order valence-electron chi connectivity index (χ3n) is 2.23. The Bertz CT molecular complexity index is 368. The summed E-state index contributed by atoms with van der Waals surface area (Å²) in [5.41, 5.74) is 4.75. The smallest absolute Gasteiger partial charge is 0.392 e. The molecular weight excluding hydrogens is 235 g/mol. The Kier molecular flexibility index (Phi) is 4.30. The maximum absolute atomic E-state index is 12.4. The van der Waals surface area contributed by atoms with Crippen molar-refractivity contribution in [3.63, 3.8) is 0 Å². The van der Waals surface area contributed by atoms with Crippen LogP contribution < -0.4 is 11.1 Å². The zero-order valence-electron chi connectivity index (χ0n) is 9.20. The average Bonchev–Trinajstić information content (AvgIpc) is 2.25. The number of anilines is 1.